The van der Waals surface area contributed by atoms with Gasteiger partial charge in [0, 0.05) is 50.9 Å². The van der Waals surface area contributed by atoms with Crippen molar-refractivity contribution in [3.8, 4) is 6.07 Å². The second-order valence-electron chi connectivity index (χ2n) is 6.74. The average Bonchev–Trinajstić information content (AvgIpc) is 2.67. The molecule has 1 saturated heterocycles. The van der Waals surface area contributed by atoms with Crippen molar-refractivity contribution >= 4 is 33.4 Å². The summed E-state index contributed by atoms with van der Waals surface area (Å²) in [6.45, 7) is 1.82. The van der Waals surface area contributed by atoms with Crippen molar-refractivity contribution in [2.24, 2.45) is 0 Å². The molecular formula is C19H23BrN6. The SMILES string of the molecule is CN(C)c1nccc(N(C)C2CCCN(c3cc(Br)ccc3C#N)C2)n1. The zero-order valence-electron chi connectivity index (χ0n) is 15.4. The van der Waals surface area contributed by atoms with E-state index in [1.54, 1.807) is 6.20 Å². The summed E-state index contributed by atoms with van der Waals surface area (Å²) in [5.41, 5.74) is 1.71. The van der Waals surface area contributed by atoms with Crippen LogP contribution in [0.1, 0.15) is 18.4 Å². The number of aromatic nitrogens is 2. The van der Waals surface area contributed by atoms with Crippen LogP contribution in [0.25, 0.3) is 0 Å². The van der Waals surface area contributed by atoms with Crippen molar-refractivity contribution < 1.29 is 0 Å². The third-order valence-corrected chi connectivity index (χ3v) is 5.25. The molecule has 0 spiro atoms. The van der Waals surface area contributed by atoms with Gasteiger partial charge in [-0.15, -0.1) is 0 Å². The molecule has 6 nitrogen and oxygen atoms in total. The molecule has 1 aromatic heterocycles. The lowest BCUT2D eigenvalue weighted by Crippen LogP contribution is -2.47. The molecule has 1 fully saturated rings. The maximum absolute atomic E-state index is 9.45. The number of nitrogens with zero attached hydrogens (tertiary/aromatic N) is 6. The molecule has 136 valence electrons. The van der Waals surface area contributed by atoms with Crippen LogP contribution in [-0.2, 0) is 0 Å². The van der Waals surface area contributed by atoms with Crippen LogP contribution < -0.4 is 14.7 Å². The molecular weight excluding hydrogens is 392 g/mol. The number of piperidine rings is 1. The number of benzene rings is 1. The third-order valence-electron chi connectivity index (χ3n) is 4.75. The molecule has 1 aliphatic heterocycles. The van der Waals surface area contributed by atoms with Gasteiger partial charge in [-0.3, -0.25) is 0 Å². The van der Waals surface area contributed by atoms with Crippen LogP contribution in [0.4, 0.5) is 17.5 Å². The Morgan fingerprint density at radius 1 is 1.27 bits per heavy atom. The van der Waals surface area contributed by atoms with Crippen molar-refractivity contribution in [3.05, 3.63) is 40.5 Å². The van der Waals surface area contributed by atoms with Crippen LogP contribution in [0.5, 0.6) is 0 Å². The van der Waals surface area contributed by atoms with E-state index in [0.717, 1.165) is 41.9 Å². The molecule has 1 aliphatic rings. The molecule has 1 aromatic carbocycles. The number of anilines is 3. The Labute approximate surface area is 163 Å². The van der Waals surface area contributed by atoms with Gasteiger partial charge in [0.25, 0.3) is 0 Å². The lowest BCUT2D eigenvalue weighted by atomic mass is 10.0. The minimum Gasteiger partial charge on any atom is -0.368 e. The normalized spacial score (nSPS) is 16.9. The Morgan fingerprint density at radius 2 is 2.08 bits per heavy atom. The predicted octanol–water partition coefficient (Wildman–Crippen LogP) is 3.28. The Kier molecular flexibility index (Phi) is 5.62. The van der Waals surface area contributed by atoms with E-state index >= 15 is 0 Å². The van der Waals surface area contributed by atoms with Gasteiger partial charge in [-0.2, -0.15) is 10.2 Å². The fourth-order valence-corrected chi connectivity index (χ4v) is 3.64. The fourth-order valence-electron chi connectivity index (χ4n) is 3.29. The number of hydrogen-bond acceptors (Lipinski definition) is 6. The van der Waals surface area contributed by atoms with E-state index in [-0.39, 0.29) is 0 Å². The van der Waals surface area contributed by atoms with E-state index in [1.165, 1.54) is 0 Å². The lowest BCUT2D eigenvalue weighted by Gasteiger charge is -2.39. The van der Waals surface area contributed by atoms with E-state index in [2.05, 4.69) is 48.8 Å². The molecule has 0 bridgehead atoms. The van der Waals surface area contributed by atoms with E-state index in [9.17, 15) is 5.26 Å². The van der Waals surface area contributed by atoms with Crippen LogP contribution >= 0.6 is 15.9 Å². The second kappa shape index (κ2) is 7.92. The number of likely N-dealkylation sites (N-methyl/N-ethyl adjacent to an activating group) is 1. The van der Waals surface area contributed by atoms with Crippen LogP contribution in [-0.4, -0.2) is 50.2 Å². The van der Waals surface area contributed by atoms with Gasteiger partial charge in [0.2, 0.25) is 5.95 Å². The van der Waals surface area contributed by atoms with Gasteiger partial charge < -0.3 is 14.7 Å². The Morgan fingerprint density at radius 3 is 2.81 bits per heavy atom. The summed E-state index contributed by atoms with van der Waals surface area (Å²) in [4.78, 5) is 15.4. The van der Waals surface area contributed by atoms with Crippen molar-refractivity contribution in [1.82, 2.24) is 9.97 Å². The number of rotatable bonds is 4. The van der Waals surface area contributed by atoms with Crippen LogP contribution in [0.2, 0.25) is 0 Å². The minimum absolute atomic E-state index is 0.333. The first-order valence-electron chi connectivity index (χ1n) is 8.67. The van der Waals surface area contributed by atoms with E-state index < -0.39 is 0 Å². The molecule has 3 rings (SSSR count). The molecule has 0 saturated carbocycles. The lowest BCUT2D eigenvalue weighted by molar-refractivity contribution is 0.485. The Hall–Kier alpha value is -2.33. The molecule has 2 heterocycles. The molecule has 1 unspecified atom stereocenters. The van der Waals surface area contributed by atoms with Crippen molar-refractivity contribution in [1.29, 1.82) is 5.26 Å². The quantitative estimate of drug-likeness (QED) is 0.764. The summed E-state index contributed by atoms with van der Waals surface area (Å²) >= 11 is 3.53. The summed E-state index contributed by atoms with van der Waals surface area (Å²) in [5.74, 6) is 1.63. The van der Waals surface area contributed by atoms with Crippen molar-refractivity contribution in [2.75, 3.05) is 48.9 Å². The average molecular weight is 415 g/mol. The number of hydrogen-bond donors (Lipinski definition) is 0. The predicted molar refractivity (Wildman–Crippen MR) is 109 cm³/mol. The van der Waals surface area contributed by atoms with Crippen molar-refractivity contribution in [2.45, 2.75) is 18.9 Å². The van der Waals surface area contributed by atoms with Crippen molar-refractivity contribution in [3.63, 3.8) is 0 Å². The largest absolute Gasteiger partial charge is 0.368 e. The number of nitriles is 1. The fraction of sp³-hybridized carbons (Fsp3) is 0.421. The topological polar surface area (TPSA) is 59.3 Å². The maximum Gasteiger partial charge on any atom is 0.226 e. The summed E-state index contributed by atoms with van der Waals surface area (Å²) in [5, 5.41) is 9.45. The first-order chi connectivity index (χ1) is 12.5. The molecule has 0 aliphatic carbocycles. The molecule has 0 amide bonds. The summed E-state index contributed by atoms with van der Waals surface area (Å²) in [6.07, 6.45) is 3.99. The van der Waals surface area contributed by atoms with E-state index in [1.807, 2.05) is 43.3 Å². The first-order valence-corrected chi connectivity index (χ1v) is 9.46. The highest BCUT2D eigenvalue weighted by Gasteiger charge is 2.26. The Bertz CT molecular complexity index is 816. The van der Waals surface area contributed by atoms with E-state index in [0.29, 0.717) is 17.6 Å². The van der Waals surface area contributed by atoms with Gasteiger partial charge >= 0.3 is 0 Å². The van der Waals surface area contributed by atoms with Crippen LogP contribution in [0.15, 0.2) is 34.9 Å². The highest BCUT2D eigenvalue weighted by Crippen LogP contribution is 2.29. The smallest absolute Gasteiger partial charge is 0.226 e. The van der Waals surface area contributed by atoms with E-state index in [4.69, 9.17) is 0 Å². The first kappa shape index (κ1) is 18.5. The number of halogens is 1. The standard InChI is InChI=1S/C19H23BrN6/c1-24(2)19-22-9-8-18(23-19)25(3)16-5-4-10-26(13-16)17-11-15(20)7-6-14(17)12-21/h6-9,11,16H,4-5,10,13H2,1-3H3. The molecule has 2 aromatic rings. The molecule has 0 radical (unpaired) electrons. The minimum atomic E-state index is 0.333. The molecule has 7 heteroatoms. The maximum atomic E-state index is 9.45. The van der Waals surface area contributed by atoms with Crippen LogP contribution in [0.3, 0.4) is 0 Å². The third kappa shape index (κ3) is 3.91. The zero-order chi connectivity index (χ0) is 18.7. The monoisotopic (exact) mass is 414 g/mol. The summed E-state index contributed by atoms with van der Waals surface area (Å²) in [6, 6.07) is 10.4. The Balaban J connectivity index is 1.82. The molecule has 26 heavy (non-hydrogen) atoms. The van der Waals surface area contributed by atoms with Gasteiger partial charge in [-0.25, -0.2) is 4.98 Å². The highest BCUT2D eigenvalue weighted by molar-refractivity contribution is 9.10. The van der Waals surface area contributed by atoms with Gasteiger partial charge in [0.1, 0.15) is 11.9 Å². The van der Waals surface area contributed by atoms with Gasteiger partial charge in [-0.05, 0) is 37.1 Å². The molecule has 1 atom stereocenters. The highest BCUT2D eigenvalue weighted by atomic mass is 79.9. The molecule has 0 N–H and O–H groups in total. The van der Waals surface area contributed by atoms with Gasteiger partial charge in [-0.1, -0.05) is 15.9 Å². The van der Waals surface area contributed by atoms with Gasteiger partial charge in [0.05, 0.1) is 11.3 Å². The summed E-state index contributed by atoms with van der Waals surface area (Å²) in [7, 11) is 5.97. The van der Waals surface area contributed by atoms with Gasteiger partial charge in [0.15, 0.2) is 0 Å². The second-order valence-corrected chi connectivity index (χ2v) is 7.65. The summed E-state index contributed by atoms with van der Waals surface area (Å²) < 4.78 is 0.994. The van der Waals surface area contributed by atoms with Crippen LogP contribution in [0, 0.1) is 11.3 Å². The zero-order valence-corrected chi connectivity index (χ0v) is 16.9.